The average molecular weight is 260 g/mol. The van der Waals surface area contributed by atoms with Crippen molar-refractivity contribution < 1.29 is 4.79 Å². The summed E-state index contributed by atoms with van der Waals surface area (Å²) in [5.74, 6) is 1.17. The SMILES string of the molecule is CCn1c(C)cc(C(=O)CN2CC3CCC2C3)c1C. The van der Waals surface area contributed by atoms with E-state index in [4.69, 9.17) is 0 Å². The fraction of sp³-hybridized carbons (Fsp3) is 0.688. The van der Waals surface area contributed by atoms with Gasteiger partial charge in [0.15, 0.2) is 5.78 Å². The summed E-state index contributed by atoms with van der Waals surface area (Å²) in [7, 11) is 0. The Morgan fingerprint density at radius 1 is 1.37 bits per heavy atom. The topological polar surface area (TPSA) is 25.2 Å². The number of aromatic nitrogens is 1. The smallest absolute Gasteiger partial charge is 0.178 e. The van der Waals surface area contributed by atoms with Crippen LogP contribution in [-0.4, -0.2) is 34.4 Å². The van der Waals surface area contributed by atoms with Gasteiger partial charge in [-0.2, -0.15) is 0 Å². The first-order chi connectivity index (χ1) is 9.10. The van der Waals surface area contributed by atoms with E-state index < -0.39 is 0 Å². The first kappa shape index (κ1) is 12.9. The van der Waals surface area contributed by atoms with E-state index in [0.29, 0.717) is 18.4 Å². The van der Waals surface area contributed by atoms with Gasteiger partial charge >= 0.3 is 0 Å². The molecule has 1 saturated carbocycles. The Labute approximate surface area is 115 Å². The number of aryl methyl sites for hydroxylation is 1. The van der Waals surface area contributed by atoms with E-state index in [9.17, 15) is 4.79 Å². The molecule has 2 fully saturated rings. The number of rotatable bonds is 4. The number of carbonyl (C=O) groups is 1. The molecule has 0 amide bonds. The molecule has 1 aliphatic heterocycles. The number of likely N-dealkylation sites (tertiary alicyclic amines) is 1. The van der Waals surface area contributed by atoms with Gasteiger partial charge in [0.05, 0.1) is 6.54 Å². The Hall–Kier alpha value is -1.09. The largest absolute Gasteiger partial charge is 0.349 e. The van der Waals surface area contributed by atoms with Crippen LogP contribution < -0.4 is 0 Å². The summed E-state index contributed by atoms with van der Waals surface area (Å²) >= 11 is 0. The molecule has 1 aromatic rings. The number of hydrogen-bond acceptors (Lipinski definition) is 2. The fourth-order valence-electron chi connectivity index (χ4n) is 4.06. The Morgan fingerprint density at radius 2 is 2.16 bits per heavy atom. The lowest BCUT2D eigenvalue weighted by atomic mass is 10.1. The van der Waals surface area contributed by atoms with E-state index in [0.717, 1.165) is 30.3 Å². The third-order valence-electron chi connectivity index (χ3n) is 5.06. The summed E-state index contributed by atoms with van der Waals surface area (Å²) in [6, 6.07) is 2.75. The maximum atomic E-state index is 12.5. The summed E-state index contributed by atoms with van der Waals surface area (Å²) in [6.07, 6.45) is 3.99. The van der Waals surface area contributed by atoms with E-state index >= 15 is 0 Å². The highest BCUT2D eigenvalue weighted by Gasteiger charge is 2.38. The molecule has 3 rings (SSSR count). The highest BCUT2D eigenvalue weighted by Crippen LogP contribution is 2.37. The Kier molecular flexibility index (Phi) is 3.25. The zero-order valence-corrected chi connectivity index (χ0v) is 12.3. The maximum absolute atomic E-state index is 12.5. The highest BCUT2D eigenvalue weighted by molar-refractivity contribution is 5.99. The van der Waals surface area contributed by atoms with E-state index in [1.54, 1.807) is 0 Å². The van der Waals surface area contributed by atoms with Gasteiger partial charge in [-0.05, 0) is 52.0 Å². The molecule has 0 radical (unpaired) electrons. The van der Waals surface area contributed by atoms with E-state index in [-0.39, 0.29) is 0 Å². The van der Waals surface area contributed by atoms with Crippen LogP contribution in [0.4, 0.5) is 0 Å². The molecule has 2 unspecified atom stereocenters. The second kappa shape index (κ2) is 4.78. The molecular formula is C16H24N2O. The van der Waals surface area contributed by atoms with Gasteiger partial charge in [0.2, 0.25) is 0 Å². The zero-order valence-electron chi connectivity index (χ0n) is 12.3. The predicted molar refractivity (Wildman–Crippen MR) is 76.6 cm³/mol. The van der Waals surface area contributed by atoms with Crippen molar-refractivity contribution in [3.8, 4) is 0 Å². The average Bonchev–Trinajstić information content (AvgIpc) is 3.04. The summed E-state index contributed by atoms with van der Waals surface area (Å²) < 4.78 is 2.23. The Morgan fingerprint density at radius 3 is 2.68 bits per heavy atom. The van der Waals surface area contributed by atoms with Crippen molar-refractivity contribution in [3.63, 3.8) is 0 Å². The van der Waals surface area contributed by atoms with Crippen molar-refractivity contribution in [2.45, 2.75) is 52.6 Å². The second-order valence-electron chi connectivity index (χ2n) is 6.21. The van der Waals surface area contributed by atoms with Gasteiger partial charge in [-0.15, -0.1) is 0 Å². The van der Waals surface area contributed by atoms with Gasteiger partial charge in [0, 0.05) is 36.1 Å². The zero-order chi connectivity index (χ0) is 13.6. The molecule has 2 heterocycles. The normalized spacial score (nSPS) is 26.3. The van der Waals surface area contributed by atoms with Crippen LogP contribution in [0, 0.1) is 19.8 Å². The van der Waals surface area contributed by atoms with Gasteiger partial charge in [0.25, 0.3) is 0 Å². The van der Waals surface area contributed by atoms with Gasteiger partial charge in [-0.3, -0.25) is 9.69 Å². The molecule has 0 N–H and O–H groups in total. The molecule has 0 aromatic carbocycles. The lowest BCUT2D eigenvalue weighted by Crippen LogP contribution is -2.36. The van der Waals surface area contributed by atoms with Crippen molar-refractivity contribution in [2.24, 2.45) is 5.92 Å². The van der Waals surface area contributed by atoms with Crippen LogP contribution in [0.25, 0.3) is 0 Å². The number of hydrogen-bond donors (Lipinski definition) is 0. The van der Waals surface area contributed by atoms with Gasteiger partial charge in [-0.1, -0.05) is 0 Å². The standard InChI is InChI=1S/C16H24N2O/c1-4-18-11(2)7-15(12(18)3)16(19)10-17-9-13-5-6-14(17)8-13/h7,13-14H,4-6,8-10H2,1-3H3. The number of nitrogens with zero attached hydrogens (tertiary/aromatic N) is 2. The minimum Gasteiger partial charge on any atom is -0.349 e. The minimum absolute atomic E-state index is 0.306. The Balaban J connectivity index is 1.74. The first-order valence-corrected chi connectivity index (χ1v) is 7.54. The van der Waals surface area contributed by atoms with Crippen molar-refractivity contribution in [3.05, 3.63) is 23.0 Å². The number of fused-ring (bicyclic) bond motifs is 2. The molecule has 1 aliphatic carbocycles. The second-order valence-corrected chi connectivity index (χ2v) is 6.21. The molecule has 0 spiro atoms. The van der Waals surface area contributed by atoms with E-state index in [2.05, 4.69) is 36.3 Å². The molecule has 1 aromatic heterocycles. The lowest BCUT2D eigenvalue weighted by Gasteiger charge is -2.25. The quantitative estimate of drug-likeness (QED) is 0.778. The first-order valence-electron chi connectivity index (χ1n) is 7.54. The van der Waals surface area contributed by atoms with Gasteiger partial charge in [-0.25, -0.2) is 0 Å². The predicted octanol–water partition coefficient (Wildman–Crippen LogP) is 2.79. The van der Waals surface area contributed by atoms with Gasteiger partial charge < -0.3 is 4.57 Å². The third-order valence-corrected chi connectivity index (χ3v) is 5.06. The molecule has 19 heavy (non-hydrogen) atoms. The number of piperidine rings is 1. The number of ketones is 1. The molecule has 104 valence electrons. The molecule has 2 aliphatic rings. The van der Waals surface area contributed by atoms with Crippen LogP contribution in [0.15, 0.2) is 6.07 Å². The summed E-state index contributed by atoms with van der Waals surface area (Å²) in [5.41, 5.74) is 3.27. The summed E-state index contributed by atoms with van der Waals surface area (Å²) in [6.45, 7) is 9.00. The molecular weight excluding hydrogens is 236 g/mol. The number of carbonyl (C=O) groups excluding carboxylic acids is 1. The third kappa shape index (κ3) is 2.14. The van der Waals surface area contributed by atoms with Crippen molar-refractivity contribution in [1.82, 2.24) is 9.47 Å². The molecule has 3 heteroatoms. The minimum atomic E-state index is 0.306. The van der Waals surface area contributed by atoms with Crippen molar-refractivity contribution in [1.29, 1.82) is 0 Å². The van der Waals surface area contributed by atoms with Crippen LogP contribution in [0.1, 0.15) is 47.9 Å². The van der Waals surface area contributed by atoms with Crippen molar-refractivity contribution >= 4 is 5.78 Å². The summed E-state index contributed by atoms with van der Waals surface area (Å²) in [5, 5.41) is 0. The van der Waals surface area contributed by atoms with E-state index in [1.807, 2.05) is 0 Å². The fourth-order valence-corrected chi connectivity index (χ4v) is 4.06. The maximum Gasteiger partial charge on any atom is 0.178 e. The van der Waals surface area contributed by atoms with Crippen LogP contribution in [0.3, 0.4) is 0 Å². The molecule has 1 saturated heterocycles. The molecule has 2 bridgehead atoms. The molecule has 2 atom stereocenters. The van der Waals surface area contributed by atoms with Crippen molar-refractivity contribution in [2.75, 3.05) is 13.1 Å². The molecule has 3 nitrogen and oxygen atoms in total. The van der Waals surface area contributed by atoms with Crippen LogP contribution >= 0.6 is 0 Å². The van der Waals surface area contributed by atoms with E-state index in [1.165, 1.54) is 25.0 Å². The highest BCUT2D eigenvalue weighted by atomic mass is 16.1. The Bertz CT molecular complexity index is 503. The lowest BCUT2D eigenvalue weighted by molar-refractivity contribution is 0.0904. The monoisotopic (exact) mass is 260 g/mol. The van der Waals surface area contributed by atoms with Crippen LogP contribution in [0.2, 0.25) is 0 Å². The van der Waals surface area contributed by atoms with Crippen LogP contribution in [0.5, 0.6) is 0 Å². The number of Topliss-reactive ketones (excluding diaryl/α,β-unsaturated/α-hetero) is 1. The summed E-state index contributed by atoms with van der Waals surface area (Å²) in [4.78, 5) is 14.9. The van der Waals surface area contributed by atoms with Gasteiger partial charge in [0.1, 0.15) is 0 Å². The van der Waals surface area contributed by atoms with Crippen LogP contribution in [-0.2, 0) is 6.54 Å².